The number of phenols is 1. The Morgan fingerprint density at radius 1 is 1.04 bits per heavy atom. The van der Waals surface area contributed by atoms with Gasteiger partial charge in [-0.25, -0.2) is 0 Å². The number of aliphatic hydroxyl groups is 1. The molecule has 1 aromatic carbocycles. The molecule has 0 bridgehead atoms. The Balaban J connectivity index is 1.64. The van der Waals surface area contributed by atoms with Gasteiger partial charge in [-0.05, 0) is 30.9 Å². The normalized spacial score (nSPS) is 32.0. The quantitative estimate of drug-likeness (QED) is 0.772. The first-order chi connectivity index (χ1) is 11.9. The summed E-state index contributed by atoms with van der Waals surface area (Å²) in [5, 5.41) is 20.7. The fourth-order valence-corrected chi connectivity index (χ4v) is 4.82. The number of halogens is 2. The van der Waals surface area contributed by atoms with E-state index in [1.165, 1.54) is 17.0 Å². The van der Waals surface area contributed by atoms with Gasteiger partial charge in [0, 0.05) is 25.1 Å². The monoisotopic (exact) mass is 384 g/mol. The van der Waals surface area contributed by atoms with Gasteiger partial charge < -0.3 is 20.0 Å². The van der Waals surface area contributed by atoms with Gasteiger partial charge in [-0.15, -0.1) is 0 Å². The predicted molar refractivity (Wildman–Crippen MR) is 91.7 cm³/mol. The van der Waals surface area contributed by atoms with E-state index in [4.69, 9.17) is 23.2 Å². The number of piperazine rings is 1. The molecule has 0 spiro atoms. The Bertz CT molecular complexity index is 756. The molecule has 0 saturated carbocycles. The molecule has 0 unspecified atom stereocenters. The van der Waals surface area contributed by atoms with Crippen LogP contribution >= 0.6 is 23.2 Å². The minimum absolute atomic E-state index is 0.0527. The smallest absolute Gasteiger partial charge is 0.246 e. The third-order valence-electron chi connectivity index (χ3n) is 5.54. The van der Waals surface area contributed by atoms with Crippen molar-refractivity contribution in [3.8, 4) is 5.75 Å². The zero-order valence-electron chi connectivity index (χ0n) is 13.4. The number of piperidine rings is 1. The number of nitrogens with zero attached hydrogens (tertiary/aromatic N) is 2. The summed E-state index contributed by atoms with van der Waals surface area (Å²) >= 11 is 12.4. The summed E-state index contributed by atoms with van der Waals surface area (Å²) in [6.45, 7) is 0.621. The maximum Gasteiger partial charge on any atom is 0.246 e. The van der Waals surface area contributed by atoms with Gasteiger partial charge in [0.2, 0.25) is 11.8 Å². The number of carbonyl (C=O) groups is 2. The molecule has 3 saturated heterocycles. The van der Waals surface area contributed by atoms with Gasteiger partial charge in [-0.1, -0.05) is 23.2 Å². The van der Waals surface area contributed by atoms with E-state index >= 15 is 0 Å². The molecule has 2 N–H and O–H groups in total. The summed E-state index contributed by atoms with van der Waals surface area (Å²) in [7, 11) is 0. The zero-order valence-corrected chi connectivity index (χ0v) is 14.9. The van der Waals surface area contributed by atoms with Crippen molar-refractivity contribution in [2.24, 2.45) is 0 Å². The summed E-state index contributed by atoms with van der Waals surface area (Å²) in [6, 6.07) is 1.90. The summed E-state index contributed by atoms with van der Waals surface area (Å²) in [5.74, 6) is -0.338. The Morgan fingerprint density at radius 2 is 1.72 bits per heavy atom. The second-order valence-electron chi connectivity index (χ2n) is 6.96. The van der Waals surface area contributed by atoms with E-state index in [0.717, 1.165) is 0 Å². The van der Waals surface area contributed by atoms with E-state index in [1.54, 1.807) is 4.90 Å². The number of benzene rings is 1. The van der Waals surface area contributed by atoms with Gasteiger partial charge >= 0.3 is 0 Å². The molecule has 2 amide bonds. The first-order valence-electron chi connectivity index (χ1n) is 8.34. The molecule has 0 radical (unpaired) electrons. The van der Waals surface area contributed by atoms with Gasteiger partial charge in [0.15, 0.2) is 0 Å². The van der Waals surface area contributed by atoms with Gasteiger partial charge in [-0.3, -0.25) is 9.59 Å². The van der Waals surface area contributed by atoms with Crippen molar-refractivity contribution >= 4 is 35.0 Å². The first-order valence-corrected chi connectivity index (χ1v) is 9.10. The van der Waals surface area contributed by atoms with Gasteiger partial charge in [0.25, 0.3) is 0 Å². The minimum Gasteiger partial charge on any atom is -0.508 e. The zero-order chi connectivity index (χ0) is 17.9. The van der Waals surface area contributed by atoms with Crippen molar-refractivity contribution < 1.29 is 19.8 Å². The van der Waals surface area contributed by atoms with Crippen molar-refractivity contribution in [1.82, 2.24) is 9.80 Å². The fourth-order valence-electron chi connectivity index (χ4n) is 4.34. The van der Waals surface area contributed by atoms with Crippen LogP contribution in [0.2, 0.25) is 10.0 Å². The first kappa shape index (κ1) is 16.9. The van der Waals surface area contributed by atoms with E-state index < -0.39 is 18.2 Å². The van der Waals surface area contributed by atoms with Crippen LogP contribution in [-0.4, -0.2) is 63.1 Å². The summed E-state index contributed by atoms with van der Waals surface area (Å²) in [4.78, 5) is 28.6. The number of hydrogen-bond acceptors (Lipinski definition) is 4. The van der Waals surface area contributed by atoms with Crippen LogP contribution in [-0.2, 0) is 9.59 Å². The Hall–Kier alpha value is -1.50. The lowest BCUT2D eigenvalue weighted by Gasteiger charge is -2.46. The lowest BCUT2D eigenvalue weighted by molar-refractivity contribution is -0.161. The molecular weight excluding hydrogens is 367 g/mol. The number of hydrogen-bond donors (Lipinski definition) is 2. The average Bonchev–Trinajstić information content (AvgIpc) is 2.98. The summed E-state index contributed by atoms with van der Waals surface area (Å²) in [6.07, 6.45) is 0.634. The number of aliphatic hydroxyl groups excluding tert-OH is 1. The molecule has 3 heterocycles. The second-order valence-corrected chi connectivity index (χ2v) is 7.74. The van der Waals surface area contributed by atoms with Crippen LogP contribution in [0.15, 0.2) is 12.1 Å². The van der Waals surface area contributed by atoms with Crippen LogP contribution in [0.1, 0.15) is 30.7 Å². The molecular formula is C17H18Cl2N2O4. The van der Waals surface area contributed by atoms with Crippen LogP contribution in [0.5, 0.6) is 5.75 Å². The van der Waals surface area contributed by atoms with Crippen LogP contribution < -0.4 is 0 Å². The summed E-state index contributed by atoms with van der Waals surface area (Å²) < 4.78 is 0. The SMILES string of the molecule is O=C1[C@@H]2C[C@@H](O)CN2C(=O)[C@@H]2C[C@H](c3c(O)ccc(Cl)c3Cl)CCN12. The molecule has 3 fully saturated rings. The average molecular weight is 385 g/mol. The van der Waals surface area contributed by atoms with E-state index in [-0.39, 0.29) is 30.0 Å². The van der Waals surface area contributed by atoms with Gasteiger partial charge in [0.05, 0.1) is 16.1 Å². The maximum absolute atomic E-state index is 12.8. The van der Waals surface area contributed by atoms with Crippen molar-refractivity contribution in [2.45, 2.75) is 43.4 Å². The van der Waals surface area contributed by atoms with Crippen molar-refractivity contribution in [3.63, 3.8) is 0 Å². The highest BCUT2D eigenvalue weighted by Gasteiger charge is 2.52. The van der Waals surface area contributed by atoms with Crippen LogP contribution in [0.3, 0.4) is 0 Å². The third-order valence-corrected chi connectivity index (χ3v) is 6.35. The van der Waals surface area contributed by atoms with Crippen molar-refractivity contribution in [3.05, 3.63) is 27.7 Å². The van der Waals surface area contributed by atoms with Crippen molar-refractivity contribution in [1.29, 1.82) is 0 Å². The topological polar surface area (TPSA) is 81.1 Å². The molecule has 4 atom stereocenters. The molecule has 8 heteroatoms. The lowest BCUT2D eigenvalue weighted by Crippen LogP contribution is -2.64. The standard InChI is InChI=1S/C17H18Cl2N2O4/c18-10-1-2-13(23)14(15(10)19)8-3-4-20-11(5-8)17(25)21-7-9(22)6-12(21)16(20)24/h1-2,8-9,11-12,22-23H,3-7H2/t8-,9-,11+,12+/m1/s1. The van der Waals surface area contributed by atoms with Crippen LogP contribution in [0.4, 0.5) is 0 Å². The number of fused-ring (bicyclic) bond motifs is 2. The molecule has 3 aliphatic heterocycles. The second kappa shape index (κ2) is 6.04. The molecule has 0 aromatic heterocycles. The maximum atomic E-state index is 12.8. The molecule has 1 aromatic rings. The van der Waals surface area contributed by atoms with Crippen LogP contribution in [0.25, 0.3) is 0 Å². The molecule has 3 aliphatic rings. The van der Waals surface area contributed by atoms with E-state index in [9.17, 15) is 19.8 Å². The molecule has 4 rings (SSSR count). The van der Waals surface area contributed by atoms with Crippen molar-refractivity contribution in [2.75, 3.05) is 13.1 Å². The number of amides is 2. The Morgan fingerprint density at radius 3 is 2.48 bits per heavy atom. The molecule has 134 valence electrons. The highest BCUT2D eigenvalue weighted by atomic mass is 35.5. The Kier molecular flexibility index (Phi) is 4.09. The highest BCUT2D eigenvalue weighted by molar-refractivity contribution is 6.42. The largest absolute Gasteiger partial charge is 0.508 e. The van der Waals surface area contributed by atoms with E-state index in [2.05, 4.69) is 0 Å². The highest BCUT2D eigenvalue weighted by Crippen LogP contribution is 2.44. The number of rotatable bonds is 1. The summed E-state index contributed by atoms with van der Waals surface area (Å²) in [5.41, 5.74) is 0.539. The molecule has 25 heavy (non-hydrogen) atoms. The fraction of sp³-hybridized carbons (Fsp3) is 0.529. The molecule has 0 aliphatic carbocycles. The van der Waals surface area contributed by atoms with E-state index in [1.807, 2.05) is 0 Å². The number of phenolic OH excluding ortho intramolecular Hbond substituents is 1. The van der Waals surface area contributed by atoms with Gasteiger partial charge in [-0.2, -0.15) is 0 Å². The molecule has 6 nitrogen and oxygen atoms in total. The predicted octanol–water partition coefficient (Wildman–Crippen LogP) is 1.75. The lowest BCUT2D eigenvalue weighted by atomic mass is 9.83. The van der Waals surface area contributed by atoms with Gasteiger partial charge in [0.1, 0.15) is 17.8 Å². The minimum atomic E-state index is -0.651. The number of aromatic hydroxyl groups is 1. The number of carbonyl (C=O) groups excluding carboxylic acids is 2. The van der Waals surface area contributed by atoms with E-state index in [0.29, 0.717) is 41.4 Å². The third kappa shape index (κ3) is 2.58. The van der Waals surface area contributed by atoms with Crippen LogP contribution in [0, 0.1) is 0 Å². The Labute approximate surface area is 154 Å².